The molecular formula is C22H37N3O8S8. The minimum absolute atomic E-state index is 0.0126. The van der Waals surface area contributed by atoms with E-state index in [1.165, 1.54) is 19.2 Å². The van der Waals surface area contributed by atoms with Crippen LogP contribution in [0.3, 0.4) is 0 Å². The molecule has 0 spiro atoms. The zero-order chi connectivity index (χ0) is 32.5. The SMILES string of the molecule is COC(=O)CCC(N[C@@H](CS)C(=O)C(=O)[C@H](CS)NN)C(=O)C(Cc1ccc(O)cc1)C(=O)OC.SS.SS.SS. The van der Waals surface area contributed by atoms with Gasteiger partial charge >= 0.3 is 11.9 Å². The van der Waals surface area contributed by atoms with E-state index in [0.29, 0.717) is 5.56 Å². The van der Waals surface area contributed by atoms with Gasteiger partial charge in [0.15, 0.2) is 5.78 Å². The number of benzene rings is 1. The van der Waals surface area contributed by atoms with Crippen molar-refractivity contribution in [3.05, 3.63) is 29.8 Å². The van der Waals surface area contributed by atoms with Crippen LogP contribution in [0.25, 0.3) is 0 Å². The number of rotatable bonds is 16. The Hall–Kier alpha value is -0.350. The number of aromatic hydroxyl groups is 1. The lowest BCUT2D eigenvalue weighted by Crippen LogP contribution is -2.56. The Morgan fingerprint density at radius 3 is 1.73 bits per heavy atom. The first-order chi connectivity index (χ1) is 19.6. The summed E-state index contributed by atoms with van der Waals surface area (Å²) >= 11 is 27.4. The van der Waals surface area contributed by atoms with Crippen LogP contribution < -0.4 is 16.6 Å². The summed E-state index contributed by atoms with van der Waals surface area (Å²) < 4.78 is 9.44. The number of hydrazine groups is 1. The molecule has 11 nitrogen and oxygen atoms in total. The molecule has 41 heavy (non-hydrogen) atoms. The first kappa shape index (κ1) is 45.1. The van der Waals surface area contributed by atoms with E-state index >= 15 is 0 Å². The molecule has 0 bridgehead atoms. The predicted octanol–water partition coefficient (Wildman–Crippen LogP) is 1.69. The Kier molecular flexibility index (Phi) is 31.3. The van der Waals surface area contributed by atoms with Gasteiger partial charge in [0.05, 0.1) is 32.3 Å². The van der Waals surface area contributed by atoms with Gasteiger partial charge in [0.25, 0.3) is 0 Å². The molecule has 0 heterocycles. The lowest BCUT2D eigenvalue weighted by atomic mass is 9.88. The summed E-state index contributed by atoms with van der Waals surface area (Å²) in [5.74, 6) is 0.00157. The molecule has 2 unspecified atom stereocenters. The largest absolute Gasteiger partial charge is 0.508 e. The van der Waals surface area contributed by atoms with Crippen molar-refractivity contribution >= 4 is 125 Å². The number of esters is 2. The van der Waals surface area contributed by atoms with Crippen molar-refractivity contribution in [1.29, 1.82) is 0 Å². The van der Waals surface area contributed by atoms with Crippen molar-refractivity contribution in [2.24, 2.45) is 11.8 Å². The number of Topliss-reactive ketones (excluding diaryl/α,β-unsaturated/α-hetero) is 3. The second-order valence-corrected chi connectivity index (χ2v) is 8.28. The van der Waals surface area contributed by atoms with Crippen LogP contribution in [-0.4, -0.2) is 78.2 Å². The van der Waals surface area contributed by atoms with E-state index in [1.807, 2.05) is 0 Å². The first-order valence-electron chi connectivity index (χ1n) is 11.2. The predicted molar refractivity (Wildman–Crippen MR) is 187 cm³/mol. The Morgan fingerprint density at radius 1 is 0.829 bits per heavy atom. The van der Waals surface area contributed by atoms with E-state index in [4.69, 9.17) is 10.6 Å². The number of hydrogen-bond acceptors (Lipinski definition) is 19. The summed E-state index contributed by atoms with van der Waals surface area (Å²) in [7, 11) is 2.32. The van der Waals surface area contributed by atoms with Crippen molar-refractivity contribution in [3.8, 4) is 5.75 Å². The molecule has 1 aromatic carbocycles. The zero-order valence-corrected chi connectivity index (χ0v) is 29.3. The van der Waals surface area contributed by atoms with E-state index in [-0.39, 0.29) is 36.5 Å². The van der Waals surface area contributed by atoms with E-state index in [9.17, 15) is 29.1 Å². The third-order valence-electron chi connectivity index (χ3n) is 5.26. The topological polar surface area (TPSA) is 174 Å². The van der Waals surface area contributed by atoms with Crippen LogP contribution in [0.1, 0.15) is 18.4 Å². The lowest BCUT2D eigenvalue weighted by molar-refractivity contribution is -0.150. The maximum atomic E-state index is 13.5. The van der Waals surface area contributed by atoms with Gasteiger partial charge in [0, 0.05) is 17.9 Å². The summed E-state index contributed by atoms with van der Waals surface area (Å²) in [5, 5.41) is 12.3. The normalized spacial score (nSPS) is 12.7. The fourth-order valence-corrected chi connectivity index (χ4v) is 3.78. The van der Waals surface area contributed by atoms with Gasteiger partial charge < -0.3 is 14.6 Å². The van der Waals surface area contributed by atoms with Gasteiger partial charge in [-0.15, -0.1) is 70.0 Å². The summed E-state index contributed by atoms with van der Waals surface area (Å²) in [6.07, 6.45) is -0.372. The number of nitrogens with one attached hydrogen (secondary N) is 2. The van der Waals surface area contributed by atoms with Gasteiger partial charge in [-0.1, -0.05) is 12.1 Å². The number of carbonyl (C=O) groups excluding carboxylic acids is 5. The molecule has 0 aliphatic carbocycles. The molecule has 4 atom stereocenters. The van der Waals surface area contributed by atoms with Crippen LogP contribution >= 0.6 is 95.2 Å². The van der Waals surface area contributed by atoms with Crippen molar-refractivity contribution in [2.75, 3.05) is 25.7 Å². The molecule has 0 saturated carbocycles. The molecule has 19 heteroatoms. The Bertz CT molecular complexity index is 911. The van der Waals surface area contributed by atoms with Gasteiger partial charge in [-0.3, -0.25) is 35.1 Å². The first-order valence-corrected chi connectivity index (χ1v) is 17.3. The second-order valence-electron chi connectivity index (χ2n) is 7.55. The highest BCUT2D eigenvalue weighted by Gasteiger charge is 2.37. The van der Waals surface area contributed by atoms with Crippen LogP contribution in [0.2, 0.25) is 0 Å². The standard InChI is InChI=1S/C22H31N3O8S2.3H2S2/c1-32-18(27)8-7-15(24-16(10-34)20(29)21(30)17(11-35)25-23)19(28)14(22(31)33-2)9-12-3-5-13(26)6-4-12;3*1-2/h3-6,14-17,24-26,34-35H,7-11,23H2,1-2H3;3*1-2H/t14?,15?,16-,17-;;;/m0.../s1. The van der Waals surface area contributed by atoms with Gasteiger partial charge in [0.2, 0.25) is 11.6 Å². The highest BCUT2D eigenvalue weighted by Crippen LogP contribution is 2.19. The van der Waals surface area contributed by atoms with Crippen LogP contribution in [0.5, 0.6) is 5.75 Å². The number of ether oxygens (including phenoxy) is 2. The number of ketones is 3. The van der Waals surface area contributed by atoms with Gasteiger partial charge in [-0.2, -0.15) is 25.3 Å². The van der Waals surface area contributed by atoms with Crippen LogP contribution in [0.4, 0.5) is 0 Å². The van der Waals surface area contributed by atoms with Crippen molar-refractivity contribution in [3.63, 3.8) is 0 Å². The minimum atomic E-state index is -1.29. The molecule has 0 aromatic heterocycles. The Labute approximate surface area is 282 Å². The fraction of sp³-hybridized carbons (Fsp3) is 0.500. The van der Waals surface area contributed by atoms with Crippen LogP contribution in [-0.2, 0) is 39.9 Å². The molecule has 1 rings (SSSR count). The van der Waals surface area contributed by atoms with E-state index in [2.05, 4.69) is 111 Å². The lowest BCUT2D eigenvalue weighted by Gasteiger charge is -2.26. The number of phenols is 1. The van der Waals surface area contributed by atoms with Crippen molar-refractivity contribution in [2.45, 2.75) is 37.4 Å². The highest BCUT2D eigenvalue weighted by molar-refractivity contribution is 8.60. The summed E-state index contributed by atoms with van der Waals surface area (Å²) in [6, 6.07) is 2.47. The van der Waals surface area contributed by atoms with E-state index in [0.717, 1.165) is 7.11 Å². The molecule has 0 amide bonds. The summed E-state index contributed by atoms with van der Waals surface area (Å²) in [4.78, 5) is 62.9. The molecular weight excluding hydrogens is 691 g/mol. The molecule has 0 aliphatic rings. The molecule has 0 fully saturated rings. The van der Waals surface area contributed by atoms with Gasteiger partial charge in [0.1, 0.15) is 11.7 Å². The fourth-order valence-electron chi connectivity index (χ4n) is 3.23. The summed E-state index contributed by atoms with van der Waals surface area (Å²) in [6.45, 7) is 0. The molecule has 236 valence electrons. The third kappa shape index (κ3) is 17.5. The smallest absolute Gasteiger partial charge is 0.316 e. The molecule has 0 aliphatic heterocycles. The number of methoxy groups -OCH3 is 2. The zero-order valence-electron chi connectivity index (χ0n) is 22.1. The number of nitrogens with two attached hydrogens (primary N) is 1. The average molecular weight is 728 g/mol. The third-order valence-corrected chi connectivity index (χ3v) is 5.99. The van der Waals surface area contributed by atoms with E-state index < -0.39 is 53.3 Å². The molecule has 0 saturated heterocycles. The monoisotopic (exact) mass is 727 g/mol. The number of carbonyl (C=O) groups is 5. The molecule has 5 N–H and O–H groups in total. The van der Waals surface area contributed by atoms with Gasteiger partial charge in [-0.25, -0.2) is 5.43 Å². The van der Waals surface area contributed by atoms with Crippen LogP contribution in [0.15, 0.2) is 24.3 Å². The Balaban J connectivity index is -0.00000225. The van der Waals surface area contributed by atoms with Crippen molar-refractivity contribution < 1.29 is 38.6 Å². The molecule has 0 radical (unpaired) electrons. The average Bonchev–Trinajstić information content (AvgIpc) is 3.03. The highest BCUT2D eigenvalue weighted by atomic mass is 33.1. The molecule has 1 aromatic rings. The minimum Gasteiger partial charge on any atom is -0.508 e. The maximum absolute atomic E-state index is 13.5. The second kappa shape index (κ2) is 28.4. The number of thiol groups is 8. The van der Waals surface area contributed by atoms with E-state index in [1.54, 1.807) is 12.1 Å². The quantitative estimate of drug-likeness (QED) is 0.0227. The maximum Gasteiger partial charge on any atom is 0.316 e. The summed E-state index contributed by atoms with van der Waals surface area (Å²) in [5.41, 5.74) is 2.77. The van der Waals surface area contributed by atoms with Crippen molar-refractivity contribution in [1.82, 2.24) is 10.7 Å². The van der Waals surface area contributed by atoms with Crippen LogP contribution in [0, 0.1) is 5.92 Å². The number of hydrogen-bond donors (Lipinski definition) is 12. The Morgan fingerprint density at radius 2 is 1.32 bits per heavy atom. The van der Waals surface area contributed by atoms with Gasteiger partial charge in [-0.05, 0) is 30.5 Å². The number of phenolic OH excluding ortho intramolecular Hbond substituents is 1.